The number of hydrogen-bond donors (Lipinski definition) is 2. The number of carboxylic acid groups (broad SMARTS) is 1. The van der Waals surface area contributed by atoms with Crippen LogP contribution in [0.25, 0.3) is 10.9 Å². The van der Waals surface area contributed by atoms with Crippen LogP contribution in [-0.4, -0.2) is 28.7 Å². The van der Waals surface area contributed by atoms with Gasteiger partial charge in [0, 0.05) is 21.2 Å². The van der Waals surface area contributed by atoms with Gasteiger partial charge >= 0.3 is 5.97 Å². The smallest absolute Gasteiger partial charge is 0.341 e. The highest BCUT2D eigenvalue weighted by Crippen LogP contribution is 2.22. The van der Waals surface area contributed by atoms with Crippen LogP contribution in [-0.2, 0) is 13.0 Å². The van der Waals surface area contributed by atoms with Crippen LogP contribution >= 0.6 is 35.0 Å². The van der Waals surface area contributed by atoms with Gasteiger partial charge in [-0.05, 0) is 72.6 Å². The van der Waals surface area contributed by atoms with Crippen molar-refractivity contribution >= 4 is 51.9 Å². The fourth-order valence-electron chi connectivity index (χ4n) is 3.40. The second-order valence-corrected chi connectivity index (χ2v) is 7.19. The van der Waals surface area contributed by atoms with Gasteiger partial charge in [0.15, 0.2) is 0 Å². The van der Waals surface area contributed by atoms with E-state index in [2.05, 4.69) is 27.9 Å². The van der Waals surface area contributed by atoms with Gasteiger partial charge in [0.25, 0.3) is 0 Å². The van der Waals surface area contributed by atoms with E-state index in [-0.39, 0.29) is 23.4 Å². The lowest BCUT2D eigenvalue weighted by Gasteiger charge is -2.21. The van der Waals surface area contributed by atoms with Crippen molar-refractivity contribution in [3.05, 3.63) is 43.2 Å². The van der Waals surface area contributed by atoms with Crippen LogP contribution in [0.4, 0.5) is 0 Å². The molecule has 130 valence electrons. The second kappa shape index (κ2) is 7.84. The number of carboxylic acids is 1. The maximum atomic E-state index is 12.7. The van der Waals surface area contributed by atoms with Crippen LogP contribution in [0.1, 0.15) is 29.4 Å². The second-order valence-electron chi connectivity index (χ2n) is 5.94. The summed E-state index contributed by atoms with van der Waals surface area (Å²) in [6.45, 7) is 4.58. The van der Waals surface area contributed by atoms with Crippen LogP contribution in [0.3, 0.4) is 0 Å². The first-order valence-corrected chi connectivity index (χ1v) is 8.89. The molecule has 1 fully saturated rings. The number of benzene rings is 1. The number of rotatable bonds is 4. The van der Waals surface area contributed by atoms with Crippen LogP contribution in [0, 0.1) is 9.49 Å². The van der Waals surface area contributed by atoms with Crippen LogP contribution in [0.2, 0.25) is 0 Å². The van der Waals surface area contributed by atoms with Crippen LogP contribution < -0.4 is 10.7 Å². The average Bonchev–Trinajstić information content (AvgIpc) is 3.02. The number of nitrogens with zero attached hydrogens (tertiary/aromatic N) is 1. The maximum Gasteiger partial charge on any atom is 0.341 e. The van der Waals surface area contributed by atoms with Gasteiger partial charge in [-0.25, -0.2) is 4.79 Å². The average molecular weight is 463 g/mol. The van der Waals surface area contributed by atoms with Crippen molar-refractivity contribution in [2.45, 2.75) is 26.3 Å². The highest BCUT2D eigenvalue weighted by Gasteiger charge is 2.23. The number of pyridine rings is 1. The topological polar surface area (TPSA) is 71.3 Å². The van der Waals surface area contributed by atoms with Crippen molar-refractivity contribution in [1.29, 1.82) is 0 Å². The maximum absolute atomic E-state index is 12.7. The van der Waals surface area contributed by atoms with E-state index in [0.29, 0.717) is 23.4 Å². The first-order chi connectivity index (χ1) is 11.0. The van der Waals surface area contributed by atoms with Gasteiger partial charge in [-0.3, -0.25) is 4.79 Å². The first-order valence-electron chi connectivity index (χ1n) is 7.81. The van der Waals surface area contributed by atoms with Crippen molar-refractivity contribution in [3.8, 4) is 0 Å². The summed E-state index contributed by atoms with van der Waals surface area (Å²) >= 11 is 2.15. The number of nitrogens with one attached hydrogen (secondary N) is 1. The lowest BCUT2D eigenvalue weighted by Crippen LogP contribution is -2.26. The van der Waals surface area contributed by atoms with Gasteiger partial charge in [-0.1, -0.05) is 6.92 Å². The third-order valence-electron chi connectivity index (χ3n) is 4.49. The fourth-order valence-corrected chi connectivity index (χ4v) is 3.89. The van der Waals surface area contributed by atoms with E-state index in [1.165, 1.54) is 0 Å². The molecule has 2 aromatic rings. The molecule has 1 aliphatic rings. The molecule has 0 amide bonds. The lowest BCUT2D eigenvalue weighted by atomic mass is 10.0. The Kier molecular flexibility index (Phi) is 6.28. The summed E-state index contributed by atoms with van der Waals surface area (Å²) in [6, 6.07) is 5.69. The summed E-state index contributed by atoms with van der Waals surface area (Å²) in [7, 11) is 0. The number of hydrogen-bond acceptors (Lipinski definition) is 3. The molecule has 3 rings (SSSR count). The standard InChI is InChI=1S/C17H19IN2O3.ClH/c1-2-13-15(17(22)23)16(21)12-7-11(18)3-4-14(12)20(13)9-10-5-6-19-8-10;/h3-4,7,10,19H,2,5-6,8-9H2,1H3,(H,22,23);1H. The lowest BCUT2D eigenvalue weighted by molar-refractivity contribution is 0.0693. The quantitative estimate of drug-likeness (QED) is 0.686. The van der Waals surface area contributed by atoms with Crippen molar-refractivity contribution in [2.75, 3.05) is 13.1 Å². The summed E-state index contributed by atoms with van der Waals surface area (Å²) in [5.41, 5.74) is 1.02. The summed E-state index contributed by atoms with van der Waals surface area (Å²) in [4.78, 5) is 24.4. The molecule has 1 saturated heterocycles. The molecule has 0 bridgehead atoms. The number of fused-ring (bicyclic) bond motifs is 1. The Balaban J connectivity index is 0.00000208. The number of carbonyl (C=O) groups is 1. The highest BCUT2D eigenvalue weighted by atomic mass is 127. The molecule has 1 atom stereocenters. The molecule has 1 aliphatic heterocycles. The summed E-state index contributed by atoms with van der Waals surface area (Å²) in [5, 5.41) is 13.4. The Morgan fingerprint density at radius 1 is 1.46 bits per heavy atom. The van der Waals surface area contributed by atoms with Gasteiger partial charge in [-0.2, -0.15) is 0 Å². The summed E-state index contributed by atoms with van der Waals surface area (Å²) < 4.78 is 2.98. The third kappa shape index (κ3) is 3.45. The van der Waals surface area contributed by atoms with E-state index in [4.69, 9.17) is 0 Å². The zero-order valence-electron chi connectivity index (χ0n) is 13.3. The van der Waals surface area contributed by atoms with Crippen molar-refractivity contribution in [2.24, 2.45) is 5.92 Å². The number of aromatic carboxylic acids is 1. The van der Waals surface area contributed by atoms with E-state index in [0.717, 1.165) is 35.1 Å². The number of aromatic nitrogens is 1. The molecule has 0 saturated carbocycles. The Labute approximate surface area is 160 Å². The summed E-state index contributed by atoms with van der Waals surface area (Å²) in [5.74, 6) is -0.669. The zero-order valence-corrected chi connectivity index (χ0v) is 16.3. The van der Waals surface area contributed by atoms with Gasteiger partial charge in [-0.15, -0.1) is 12.4 Å². The monoisotopic (exact) mass is 462 g/mol. The van der Waals surface area contributed by atoms with E-state index < -0.39 is 5.97 Å². The van der Waals surface area contributed by atoms with Crippen LogP contribution in [0.15, 0.2) is 23.0 Å². The molecule has 1 aromatic heterocycles. The SMILES string of the molecule is CCc1c(C(=O)O)c(=O)c2cc(I)ccc2n1CC1CCNC1.Cl. The molecule has 0 radical (unpaired) electrons. The van der Waals surface area contributed by atoms with Crippen LogP contribution in [0.5, 0.6) is 0 Å². The zero-order chi connectivity index (χ0) is 16.6. The minimum absolute atomic E-state index is 0. The molecule has 2 N–H and O–H groups in total. The number of halogens is 2. The van der Waals surface area contributed by atoms with E-state index >= 15 is 0 Å². The normalized spacial score (nSPS) is 17.0. The molecule has 1 unspecified atom stereocenters. The Morgan fingerprint density at radius 2 is 2.21 bits per heavy atom. The predicted octanol–water partition coefficient (Wildman–Crippen LogP) is 2.90. The minimum Gasteiger partial charge on any atom is -0.477 e. The fraction of sp³-hybridized carbons (Fsp3) is 0.412. The Bertz CT molecular complexity index is 829. The Morgan fingerprint density at radius 3 is 2.79 bits per heavy atom. The molecule has 7 heteroatoms. The molecule has 0 spiro atoms. The van der Waals surface area contributed by atoms with Crippen molar-refractivity contribution in [1.82, 2.24) is 9.88 Å². The molecule has 0 aliphatic carbocycles. The third-order valence-corrected chi connectivity index (χ3v) is 5.16. The molecule has 5 nitrogen and oxygen atoms in total. The highest BCUT2D eigenvalue weighted by molar-refractivity contribution is 14.1. The molecule has 1 aromatic carbocycles. The Hall–Kier alpha value is -1.12. The predicted molar refractivity (Wildman–Crippen MR) is 105 cm³/mol. The largest absolute Gasteiger partial charge is 0.477 e. The van der Waals surface area contributed by atoms with Gasteiger partial charge in [0.2, 0.25) is 5.43 Å². The summed E-state index contributed by atoms with van der Waals surface area (Å²) in [6.07, 6.45) is 1.60. The van der Waals surface area contributed by atoms with Crippen molar-refractivity contribution < 1.29 is 9.90 Å². The molecular weight excluding hydrogens is 443 g/mol. The van der Waals surface area contributed by atoms with Crippen molar-refractivity contribution in [3.63, 3.8) is 0 Å². The molecule has 2 heterocycles. The van der Waals surface area contributed by atoms with E-state index in [1.807, 2.05) is 23.6 Å². The first kappa shape index (κ1) is 19.2. The van der Waals surface area contributed by atoms with Gasteiger partial charge in [0.1, 0.15) is 5.56 Å². The van der Waals surface area contributed by atoms with Gasteiger partial charge in [0.05, 0.1) is 5.52 Å². The van der Waals surface area contributed by atoms with Gasteiger partial charge < -0.3 is 15.0 Å². The minimum atomic E-state index is -1.13. The van der Waals surface area contributed by atoms with E-state index in [9.17, 15) is 14.7 Å². The van der Waals surface area contributed by atoms with E-state index in [1.54, 1.807) is 6.07 Å². The molecular formula is C17H20ClIN2O3. The molecule has 24 heavy (non-hydrogen) atoms.